The largest absolute Gasteiger partial charge is 0.469 e. The minimum atomic E-state index is -0.543. The summed E-state index contributed by atoms with van der Waals surface area (Å²) in [6.07, 6.45) is 3.46. The van der Waals surface area contributed by atoms with Gasteiger partial charge in [-0.3, -0.25) is 10.1 Å². The van der Waals surface area contributed by atoms with E-state index < -0.39 is 17.2 Å². The Morgan fingerprint density at radius 3 is 2.83 bits per heavy atom. The van der Waals surface area contributed by atoms with Gasteiger partial charge in [-0.05, 0) is 32.8 Å². The maximum Gasteiger partial charge on any atom is 0.321 e. The molecule has 1 saturated carbocycles. The highest BCUT2D eigenvalue weighted by Gasteiger charge is 2.26. The predicted octanol–water partition coefficient (Wildman–Crippen LogP) is 2.11. The number of carbonyl (C=O) groups excluding carboxylic acids is 2. The summed E-state index contributed by atoms with van der Waals surface area (Å²) in [6, 6.07) is 1.46. The molecule has 2 N–H and O–H groups in total. The number of rotatable bonds is 5. The molecular weight excluding hydrogens is 320 g/mol. The fourth-order valence-corrected chi connectivity index (χ4v) is 2.52. The van der Waals surface area contributed by atoms with E-state index in [9.17, 15) is 9.59 Å². The first kappa shape index (κ1) is 15.6. The lowest BCUT2D eigenvalue weighted by molar-refractivity contribution is -0.119. The molecule has 9 heteroatoms. The Balaban J connectivity index is 1.56. The van der Waals surface area contributed by atoms with Gasteiger partial charge in [-0.1, -0.05) is 11.8 Å². The van der Waals surface area contributed by atoms with Gasteiger partial charge in [-0.2, -0.15) is 0 Å². The van der Waals surface area contributed by atoms with Crippen LogP contribution in [0.2, 0.25) is 0 Å². The number of nitrogens with zero attached hydrogens (tertiary/aromatic N) is 2. The fourth-order valence-electron chi connectivity index (χ4n) is 1.84. The maximum absolute atomic E-state index is 12.0. The summed E-state index contributed by atoms with van der Waals surface area (Å²) in [7, 11) is 0. The second kappa shape index (κ2) is 6.45. The van der Waals surface area contributed by atoms with Crippen molar-refractivity contribution in [2.45, 2.75) is 43.2 Å². The SMILES string of the molecule is Cc1occc1-c1nnc(SC(C)C(=O)NC(=O)NC2CC2)o1. The van der Waals surface area contributed by atoms with Crippen LogP contribution >= 0.6 is 11.8 Å². The van der Waals surface area contributed by atoms with E-state index in [2.05, 4.69) is 20.8 Å². The Labute approximate surface area is 136 Å². The van der Waals surface area contributed by atoms with Crippen LogP contribution in [0.1, 0.15) is 25.5 Å². The Bertz CT molecular complexity index is 722. The molecule has 122 valence electrons. The van der Waals surface area contributed by atoms with Crippen molar-refractivity contribution in [3.63, 3.8) is 0 Å². The molecule has 3 amide bonds. The van der Waals surface area contributed by atoms with Crippen LogP contribution in [0.3, 0.4) is 0 Å². The van der Waals surface area contributed by atoms with Crippen LogP contribution in [-0.2, 0) is 4.79 Å². The van der Waals surface area contributed by atoms with Crippen molar-refractivity contribution in [3.8, 4) is 11.5 Å². The van der Waals surface area contributed by atoms with E-state index in [0.717, 1.165) is 24.6 Å². The van der Waals surface area contributed by atoms with Gasteiger partial charge in [0, 0.05) is 6.04 Å². The molecule has 1 atom stereocenters. The van der Waals surface area contributed by atoms with E-state index in [1.165, 1.54) is 6.26 Å². The van der Waals surface area contributed by atoms with Crippen LogP contribution in [0.25, 0.3) is 11.5 Å². The number of nitrogens with one attached hydrogen (secondary N) is 2. The third-order valence-electron chi connectivity index (χ3n) is 3.29. The summed E-state index contributed by atoms with van der Waals surface area (Å²) < 4.78 is 10.7. The van der Waals surface area contributed by atoms with E-state index in [0.29, 0.717) is 17.2 Å². The van der Waals surface area contributed by atoms with Crippen molar-refractivity contribution in [1.82, 2.24) is 20.8 Å². The first-order valence-electron chi connectivity index (χ1n) is 7.19. The number of furan rings is 1. The number of thioether (sulfide) groups is 1. The van der Waals surface area contributed by atoms with Crippen molar-refractivity contribution in [2.24, 2.45) is 0 Å². The van der Waals surface area contributed by atoms with E-state index in [-0.39, 0.29) is 11.3 Å². The topological polar surface area (TPSA) is 110 Å². The second-order valence-electron chi connectivity index (χ2n) is 5.26. The average Bonchev–Trinajstić information content (AvgIpc) is 3.01. The highest BCUT2D eigenvalue weighted by atomic mass is 32.2. The van der Waals surface area contributed by atoms with Gasteiger partial charge in [0.2, 0.25) is 5.91 Å². The van der Waals surface area contributed by atoms with Gasteiger partial charge in [0.15, 0.2) is 0 Å². The highest BCUT2D eigenvalue weighted by molar-refractivity contribution is 8.00. The molecule has 0 saturated heterocycles. The molecule has 1 aliphatic carbocycles. The molecule has 0 aromatic carbocycles. The molecule has 0 bridgehead atoms. The number of imide groups is 1. The zero-order chi connectivity index (χ0) is 16.4. The summed E-state index contributed by atoms with van der Waals surface area (Å²) in [5.74, 6) is 0.595. The molecule has 2 aromatic heterocycles. The Morgan fingerprint density at radius 1 is 1.39 bits per heavy atom. The molecule has 2 aromatic rings. The Kier molecular flexibility index (Phi) is 4.37. The van der Waals surface area contributed by atoms with Crippen LogP contribution in [0.15, 0.2) is 26.4 Å². The average molecular weight is 336 g/mol. The normalized spacial score (nSPS) is 15.2. The van der Waals surface area contributed by atoms with Crippen LogP contribution < -0.4 is 10.6 Å². The summed E-state index contributed by atoms with van der Waals surface area (Å²) >= 11 is 1.09. The lowest BCUT2D eigenvalue weighted by Gasteiger charge is -2.09. The van der Waals surface area contributed by atoms with E-state index >= 15 is 0 Å². The molecule has 1 aliphatic rings. The monoisotopic (exact) mass is 336 g/mol. The van der Waals surface area contributed by atoms with Gasteiger partial charge >= 0.3 is 6.03 Å². The number of hydrogen-bond donors (Lipinski definition) is 2. The number of aromatic nitrogens is 2. The molecule has 0 aliphatic heterocycles. The van der Waals surface area contributed by atoms with Gasteiger partial charge in [-0.25, -0.2) is 4.79 Å². The molecule has 23 heavy (non-hydrogen) atoms. The second-order valence-corrected chi connectivity index (χ2v) is 6.55. The zero-order valence-corrected chi connectivity index (χ0v) is 13.5. The first-order chi connectivity index (χ1) is 11.0. The molecule has 8 nitrogen and oxygen atoms in total. The minimum Gasteiger partial charge on any atom is -0.469 e. The van der Waals surface area contributed by atoms with Crippen molar-refractivity contribution in [3.05, 3.63) is 18.1 Å². The number of carbonyl (C=O) groups is 2. The third-order valence-corrected chi connectivity index (χ3v) is 4.23. The summed E-state index contributed by atoms with van der Waals surface area (Å²) in [5.41, 5.74) is 0.713. The zero-order valence-electron chi connectivity index (χ0n) is 12.7. The van der Waals surface area contributed by atoms with E-state index in [4.69, 9.17) is 8.83 Å². The van der Waals surface area contributed by atoms with Gasteiger partial charge in [0.05, 0.1) is 17.1 Å². The lowest BCUT2D eigenvalue weighted by atomic mass is 10.3. The third kappa shape index (κ3) is 3.92. The van der Waals surface area contributed by atoms with E-state index in [1.54, 1.807) is 19.9 Å². The van der Waals surface area contributed by atoms with Gasteiger partial charge in [0.25, 0.3) is 11.1 Å². The summed E-state index contributed by atoms with van der Waals surface area (Å²) in [4.78, 5) is 23.5. The predicted molar refractivity (Wildman–Crippen MR) is 81.8 cm³/mol. The molecule has 1 fully saturated rings. The molecular formula is C14H16N4O4S. The van der Waals surface area contributed by atoms with Crippen molar-refractivity contribution in [2.75, 3.05) is 0 Å². The van der Waals surface area contributed by atoms with Crippen LogP contribution in [0.5, 0.6) is 0 Å². The van der Waals surface area contributed by atoms with Crippen molar-refractivity contribution in [1.29, 1.82) is 0 Å². The highest BCUT2D eigenvalue weighted by Crippen LogP contribution is 2.28. The minimum absolute atomic E-state index is 0.197. The quantitative estimate of drug-likeness (QED) is 0.804. The Hall–Kier alpha value is -2.29. The number of amides is 3. The molecule has 3 rings (SSSR count). The molecule has 0 spiro atoms. The smallest absolute Gasteiger partial charge is 0.321 e. The number of hydrogen-bond acceptors (Lipinski definition) is 7. The number of aryl methyl sites for hydroxylation is 1. The lowest BCUT2D eigenvalue weighted by Crippen LogP contribution is -2.43. The number of urea groups is 1. The fraction of sp³-hybridized carbons (Fsp3) is 0.429. The van der Waals surface area contributed by atoms with Gasteiger partial charge in [0.1, 0.15) is 5.76 Å². The molecule has 1 unspecified atom stereocenters. The van der Waals surface area contributed by atoms with Crippen molar-refractivity contribution < 1.29 is 18.4 Å². The Morgan fingerprint density at radius 2 is 2.17 bits per heavy atom. The van der Waals surface area contributed by atoms with E-state index in [1.807, 2.05) is 0 Å². The van der Waals surface area contributed by atoms with Gasteiger partial charge < -0.3 is 14.2 Å². The standard InChI is InChI=1S/C14H16N4O4S/c1-7-10(5-6-21-7)12-17-18-14(22-12)23-8(2)11(19)16-13(20)15-9-3-4-9/h5-6,8-9H,3-4H2,1-2H3,(H2,15,16,19,20). The van der Waals surface area contributed by atoms with Crippen LogP contribution in [0, 0.1) is 6.92 Å². The first-order valence-corrected chi connectivity index (χ1v) is 8.07. The summed E-state index contributed by atoms with van der Waals surface area (Å²) in [5, 5.41) is 12.5. The maximum atomic E-state index is 12.0. The molecule has 2 heterocycles. The molecule has 0 radical (unpaired) electrons. The van der Waals surface area contributed by atoms with Gasteiger partial charge in [-0.15, -0.1) is 10.2 Å². The summed E-state index contributed by atoms with van der Waals surface area (Å²) in [6.45, 7) is 3.46. The van der Waals surface area contributed by atoms with Crippen LogP contribution in [-0.4, -0.2) is 33.4 Å². The van der Waals surface area contributed by atoms with Crippen LogP contribution in [0.4, 0.5) is 4.79 Å². The van der Waals surface area contributed by atoms with Crippen molar-refractivity contribution >= 4 is 23.7 Å².